The molecule has 0 unspecified atom stereocenters. The van der Waals surface area contributed by atoms with E-state index in [1.807, 2.05) is 18.2 Å². The number of nitrogens with zero attached hydrogens (tertiary/aromatic N) is 1. The summed E-state index contributed by atoms with van der Waals surface area (Å²) >= 11 is 1.72. The van der Waals surface area contributed by atoms with Crippen LogP contribution in [0.15, 0.2) is 29.6 Å². The Morgan fingerprint density at radius 1 is 1.35 bits per heavy atom. The van der Waals surface area contributed by atoms with Gasteiger partial charge in [-0.2, -0.15) is 0 Å². The van der Waals surface area contributed by atoms with Gasteiger partial charge in [-0.1, -0.05) is 26.0 Å². The first-order valence-corrected chi connectivity index (χ1v) is 7.86. The Morgan fingerprint density at radius 2 is 2.20 bits per heavy atom. The van der Waals surface area contributed by atoms with Crippen LogP contribution in [0.1, 0.15) is 18.9 Å². The molecule has 0 spiro atoms. The second-order valence-electron chi connectivity index (χ2n) is 5.21. The van der Waals surface area contributed by atoms with E-state index in [9.17, 15) is 0 Å². The van der Waals surface area contributed by atoms with Gasteiger partial charge in [-0.15, -0.1) is 11.3 Å². The van der Waals surface area contributed by atoms with Crippen molar-refractivity contribution < 1.29 is 4.74 Å². The van der Waals surface area contributed by atoms with Crippen molar-refractivity contribution in [2.45, 2.75) is 20.3 Å². The number of nitrogens with one attached hydrogen (secondary N) is 1. The lowest BCUT2D eigenvalue weighted by Gasteiger charge is -2.05. The lowest BCUT2D eigenvalue weighted by molar-refractivity contribution is 0.415. The lowest BCUT2D eigenvalue weighted by Crippen LogP contribution is -2.22. The summed E-state index contributed by atoms with van der Waals surface area (Å²) in [5.74, 6) is 1.56. The molecule has 2 aromatic rings. The van der Waals surface area contributed by atoms with Gasteiger partial charge in [0.2, 0.25) is 0 Å². The van der Waals surface area contributed by atoms with Crippen LogP contribution in [0.5, 0.6) is 5.75 Å². The van der Waals surface area contributed by atoms with Gasteiger partial charge in [-0.3, -0.25) is 0 Å². The Balaban J connectivity index is 1.94. The summed E-state index contributed by atoms with van der Waals surface area (Å²) in [6.45, 7) is 6.49. The molecule has 1 aromatic carbocycles. The minimum absolute atomic E-state index is 0.693. The third-order valence-corrected chi connectivity index (χ3v) is 3.89. The maximum Gasteiger partial charge on any atom is 0.119 e. The van der Waals surface area contributed by atoms with E-state index in [0.717, 1.165) is 36.5 Å². The Morgan fingerprint density at radius 3 is 2.95 bits per heavy atom. The molecule has 0 fully saturated rings. The van der Waals surface area contributed by atoms with E-state index in [1.54, 1.807) is 18.4 Å². The second kappa shape index (κ2) is 7.41. The first-order chi connectivity index (χ1) is 9.69. The van der Waals surface area contributed by atoms with Crippen molar-refractivity contribution in [3.8, 4) is 17.0 Å². The fourth-order valence-corrected chi connectivity index (χ4v) is 2.73. The Labute approximate surface area is 125 Å². The second-order valence-corrected chi connectivity index (χ2v) is 6.15. The van der Waals surface area contributed by atoms with Crippen LogP contribution in [0.3, 0.4) is 0 Å². The highest BCUT2D eigenvalue weighted by Gasteiger charge is 2.05. The van der Waals surface area contributed by atoms with Gasteiger partial charge in [0.25, 0.3) is 0 Å². The topological polar surface area (TPSA) is 34.1 Å². The van der Waals surface area contributed by atoms with Gasteiger partial charge in [0.05, 0.1) is 17.8 Å². The Bertz CT molecular complexity index is 537. The van der Waals surface area contributed by atoms with Gasteiger partial charge in [-0.25, -0.2) is 4.98 Å². The summed E-state index contributed by atoms with van der Waals surface area (Å²) in [6, 6.07) is 8.04. The maximum atomic E-state index is 5.25. The van der Waals surface area contributed by atoms with E-state index < -0.39 is 0 Å². The monoisotopic (exact) mass is 290 g/mol. The van der Waals surface area contributed by atoms with Crippen molar-refractivity contribution in [2.24, 2.45) is 5.92 Å². The predicted octanol–water partition coefficient (Wildman–Crippen LogP) is 3.61. The van der Waals surface area contributed by atoms with Crippen molar-refractivity contribution in [3.05, 3.63) is 34.7 Å². The average molecular weight is 290 g/mol. The van der Waals surface area contributed by atoms with Gasteiger partial charge in [0.15, 0.2) is 0 Å². The van der Waals surface area contributed by atoms with E-state index in [-0.39, 0.29) is 0 Å². The van der Waals surface area contributed by atoms with Crippen molar-refractivity contribution in [2.75, 3.05) is 20.2 Å². The molecule has 108 valence electrons. The molecule has 0 aliphatic carbocycles. The first kappa shape index (κ1) is 15.0. The highest BCUT2D eigenvalue weighted by atomic mass is 32.1. The summed E-state index contributed by atoms with van der Waals surface area (Å²) in [6.07, 6.45) is 0.987. The molecule has 4 heteroatoms. The third kappa shape index (κ3) is 4.32. The summed E-state index contributed by atoms with van der Waals surface area (Å²) in [5.41, 5.74) is 2.15. The van der Waals surface area contributed by atoms with E-state index in [1.165, 1.54) is 5.01 Å². The SMILES string of the molecule is COc1cccc(-c2csc(CCNCC(C)C)n2)c1. The van der Waals surface area contributed by atoms with Crippen LogP contribution in [0.25, 0.3) is 11.3 Å². The summed E-state index contributed by atoms with van der Waals surface area (Å²) in [4.78, 5) is 4.70. The molecule has 1 aromatic heterocycles. The molecule has 0 aliphatic heterocycles. The minimum atomic E-state index is 0.693. The number of ether oxygens (including phenoxy) is 1. The zero-order chi connectivity index (χ0) is 14.4. The van der Waals surface area contributed by atoms with Gasteiger partial charge in [0.1, 0.15) is 5.75 Å². The number of methoxy groups -OCH3 is 1. The highest BCUT2D eigenvalue weighted by Crippen LogP contribution is 2.25. The Hall–Kier alpha value is -1.39. The van der Waals surface area contributed by atoms with E-state index in [2.05, 4.69) is 30.6 Å². The Kier molecular flexibility index (Phi) is 5.56. The van der Waals surface area contributed by atoms with Crippen LogP contribution in [-0.4, -0.2) is 25.2 Å². The number of rotatable bonds is 7. The highest BCUT2D eigenvalue weighted by molar-refractivity contribution is 7.09. The van der Waals surface area contributed by atoms with E-state index in [0.29, 0.717) is 5.92 Å². The fraction of sp³-hybridized carbons (Fsp3) is 0.438. The van der Waals surface area contributed by atoms with E-state index in [4.69, 9.17) is 9.72 Å². The molecule has 2 rings (SSSR count). The number of hydrogen-bond donors (Lipinski definition) is 1. The van der Waals surface area contributed by atoms with Crippen molar-refractivity contribution in [1.82, 2.24) is 10.3 Å². The van der Waals surface area contributed by atoms with Crippen LogP contribution in [0.2, 0.25) is 0 Å². The molecule has 3 nitrogen and oxygen atoms in total. The lowest BCUT2D eigenvalue weighted by atomic mass is 10.2. The van der Waals surface area contributed by atoms with Crippen LogP contribution < -0.4 is 10.1 Å². The zero-order valence-electron chi connectivity index (χ0n) is 12.3. The molecule has 0 amide bonds. The molecule has 0 atom stereocenters. The quantitative estimate of drug-likeness (QED) is 0.791. The summed E-state index contributed by atoms with van der Waals surface area (Å²) < 4.78 is 5.25. The van der Waals surface area contributed by atoms with Crippen LogP contribution in [-0.2, 0) is 6.42 Å². The number of benzene rings is 1. The maximum absolute atomic E-state index is 5.25. The summed E-state index contributed by atoms with van der Waals surface area (Å²) in [7, 11) is 1.69. The minimum Gasteiger partial charge on any atom is -0.497 e. The standard InChI is InChI=1S/C16H22N2OS/c1-12(2)10-17-8-7-16-18-15(11-20-16)13-5-4-6-14(9-13)19-3/h4-6,9,11-12,17H,7-8,10H2,1-3H3. The molecule has 0 saturated heterocycles. The molecule has 0 radical (unpaired) electrons. The van der Waals surface area contributed by atoms with Gasteiger partial charge >= 0.3 is 0 Å². The van der Waals surface area contributed by atoms with Crippen LogP contribution >= 0.6 is 11.3 Å². The van der Waals surface area contributed by atoms with Gasteiger partial charge in [-0.05, 0) is 24.6 Å². The fourth-order valence-electron chi connectivity index (χ4n) is 1.93. The number of hydrogen-bond acceptors (Lipinski definition) is 4. The van der Waals surface area contributed by atoms with Crippen LogP contribution in [0.4, 0.5) is 0 Å². The molecule has 1 N–H and O–H groups in total. The molecule has 0 saturated carbocycles. The van der Waals surface area contributed by atoms with Crippen LogP contribution in [0, 0.1) is 5.92 Å². The molecule has 20 heavy (non-hydrogen) atoms. The molecule has 0 aliphatic rings. The first-order valence-electron chi connectivity index (χ1n) is 6.98. The van der Waals surface area contributed by atoms with Crippen molar-refractivity contribution >= 4 is 11.3 Å². The number of thiazole rings is 1. The zero-order valence-corrected chi connectivity index (χ0v) is 13.2. The van der Waals surface area contributed by atoms with Gasteiger partial charge in [0, 0.05) is 23.9 Å². The van der Waals surface area contributed by atoms with E-state index >= 15 is 0 Å². The molecular formula is C16H22N2OS. The third-order valence-electron chi connectivity index (χ3n) is 2.99. The largest absolute Gasteiger partial charge is 0.497 e. The number of aromatic nitrogens is 1. The molecule has 0 bridgehead atoms. The van der Waals surface area contributed by atoms with Gasteiger partial charge < -0.3 is 10.1 Å². The average Bonchev–Trinajstić information content (AvgIpc) is 2.92. The molecular weight excluding hydrogens is 268 g/mol. The van der Waals surface area contributed by atoms with Crippen molar-refractivity contribution in [3.63, 3.8) is 0 Å². The predicted molar refractivity (Wildman–Crippen MR) is 85.5 cm³/mol. The van der Waals surface area contributed by atoms with Crippen molar-refractivity contribution in [1.29, 1.82) is 0 Å². The normalized spacial score (nSPS) is 11.0. The molecule has 1 heterocycles. The summed E-state index contributed by atoms with van der Waals surface area (Å²) in [5, 5.41) is 6.74. The smallest absolute Gasteiger partial charge is 0.119 e.